The summed E-state index contributed by atoms with van der Waals surface area (Å²) in [5.41, 5.74) is 0.0719. The average molecular weight is 312 g/mol. The number of ether oxygens (including phenoxy) is 1. The fraction of sp³-hybridized carbons (Fsp3) is 0.0909. The monoisotopic (exact) mass is 312 g/mol. The molecule has 0 aliphatic carbocycles. The van der Waals surface area contributed by atoms with Gasteiger partial charge in [0.05, 0.1) is 7.11 Å². The molecule has 2 aromatic rings. The average Bonchev–Trinajstić information content (AvgIpc) is 2.36. The molecule has 0 radical (unpaired) electrons. The molecule has 0 aliphatic heterocycles. The Morgan fingerprint density at radius 3 is 2.00 bits per heavy atom. The van der Waals surface area contributed by atoms with Crippen LogP contribution in [0.1, 0.15) is 0 Å². The van der Waals surface area contributed by atoms with Crippen molar-refractivity contribution < 1.29 is 24.2 Å². The summed E-state index contributed by atoms with van der Waals surface area (Å²) in [6.07, 6.45) is 3.61. The molecule has 0 unspecified atom stereocenters. The van der Waals surface area contributed by atoms with E-state index >= 15 is 0 Å². The van der Waals surface area contributed by atoms with E-state index in [9.17, 15) is 19.4 Å². The van der Waals surface area contributed by atoms with Gasteiger partial charge in [-0.25, -0.2) is 9.97 Å². The first-order valence-corrected chi connectivity index (χ1v) is 7.13. The van der Waals surface area contributed by atoms with Crippen molar-refractivity contribution in [3.05, 3.63) is 36.9 Å². The summed E-state index contributed by atoms with van der Waals surface area (Å²) in [5.74, 6) is -0.324. The first-order valence-electron chi connectivity index (χ1n) is 5.18. The van der Waals surface area contributed by atoms with Gasteiger partial charge in [-0.1, -0.05) is 19.4 Å². The van der Waals surface area contributed by atoms with Crippen molar-refractivity contribution in [2.45, 2.75) is 4.90 Å². The Labute approximate surface area is 111 Å². The molecule has 3 nitrogen and oxygen atoms in total. The highest BCUT2D eigenvalue weighted by Gasteiger charge is 2.65. The summed E-state index contributed by atoms with van der Waals surface area (Å²) in [4.78, 5) is 5.25. The maximum Gasteiger partial charge on any atom is 0.310 e. The molecule has 0 spiro atoms. The van der Waals surface area contributed by atoms with E-state index in [4.69, 9.17) is 0 Å². The van der Waals surface area contributed by atoms with E-state index in [2.05, 4.69) is 14.7 Å². The van der Waals surface area contributed by atoms with Crippen LogP contribution in [0.25, 0.3) is 11.1 Å². The van der Waals surface area contributed by atoms with Crippen LogP contribution in [-0.4, -0.2) is 17.1 Å². The predicted molar refractivity (Wildman–Crippen MR) is 65.4 cm³/mol. The van der Waals surface area contributed by atoms with Gasteiger partial charge in [0.1, 0.15) is 17.0 Å². The number of nitrogens with zero attached hydrogens (tertiary/aromatic N) is 2. The van der Waals surface area contributed by atoms with Crippen LogP contribution in [0.2, 0.25) is 0 Å². The number of aromatic nitrogens is 2. The van der Waals surface area contributed by atoms with Crippen LogP contribution >= 0.6 is 10.2 Å². The Morgan fingerprint density at radius 2 is 1.50 bits per heavy atom. The molecular formula is C11H9F5N2OS. The Kier molecular flexibility index (Phi) is 2.77. The summed E-state index contributed by atoms with van der Waals surface area (Å²) in [5, 5.41) is 0. The summed E-state index contributed by atoms with van der Waals surface area (Å²) in [6.45, 7) is 0. The minimum absolute atomic E-state index is 0.104. The molecule has 2 rings (SSSR count). The van der Waals surface area contributed by atoms with Crippen LogP contribution < -0.4 is 4.74 Å². The topological polar surface area (TPSA) is 35.0 Å². The zero-order chi connectivity index (χ0) is 15.1. The molecule has 1 heterocycles. The van der Waals surface area contributed by atoms with Gasteiger partial charge in [-0.05, 0) is 17.7 Å². The third-order valence-corrected chi connectivity index (χ3v) is 3.58. The highest BCUT2D eigenvalue weighted by Crippen LogP contribution is 3.02. The van der Waals surface area contributed by atoms with Crippen molar-refractivity contribution >= 4 is 10.2 Å². The first kappa shape index (κ1) is 14.5. The third-order valence-electron chi connectivity index (χ3n) is 2.46. The molecular weight excluding hydrogens is 303 g/mol. The molecule has 1 aromatic heterocycles. The van der Waals surface area contributed by atoms with E-state index in [-0.39, 0.29) is 22.9 Å². The maximum absolute atomic E-state index is 12.9. The molecule has 0 amide bonds. The van der Waals surface area contributed by atoms with Crippen LogP contribution in [0.5, 0.6) is 5.75 Å². The van der Waals surface area contributed by atoms with Crippen LogP contribution in [0.3, 0.4) is 0 Å². The van der Waals surface area contributed by atoms with Gasteiger partial charge in [-0.15, -0.1) is 0 Å². The Morgan fingerprint density at radius 1 is 0.900 bits per heavy atom. The molecule has 0 fully saturated rings. The van der Waals surface area contributed by atoms with E-state index in [1.807, 2.05) is 0 Å². The van der Waals surface area contributed by atoms with Crippen LogP contribution in [0.15, 0.2) is 41.8 Å². The van der Waals surface area contributed by atoms with E-state index < -0.39 is 15.1 Å². The minimum atomic E-state index is -9.78. The SMILES string of the molecule is COc1cc(-c2cncnc2)cc(S(F)(F)(F)(F)F)c1. The zero-order valence-electron chi connectivity index (χ0n) is 10.1. The van der Waals surface area contributed by atoms with Gasteiger partial charge in [-0.2, -0.15) is 0 Å². The van der Waals surface area contributed by atoms with Gasteiger partial charge < -0.3 is 4.74 Å². The number of hydrogen-bond acceptors (Lipinski definition) is 3. The molecule has 0 N–H and O–H groups in total. The van der Waals surface area contributed by atoms with E-state index in [1.165, 1.54) is 24.8 Å². The lowest BCUT2D eigenvalue weighted by Gasteiger charge is -2.40. The predicted octanol–water partition coefficient (Wildman–Crippen LogP) is 4.81. The Bertz CT molecular complexity index is 645. The summed E-state index contributed by atoms with van der Waals surface area (Å²) < 4.78 is 69.0. The maximum atomic E-state index is 12.9. The number of hydrogen-bond donors (Lipinski definition) is 0. The minimum Gasteiger partial charge on any atom is -0.497 e. The van der Waals surface area contributed by atoms with Gasteiger partial charge in [0, 0.05) is 24.0 Å². The van der Waals surface area contributed by atoms with Crippen molar-refractivity contribution in [2.24, 2.45) is 0 Å². The van der Waals surface area contributed by atoms with E-state index in [0.717, 1.165) is 7.11 Å². The number of methoxy groups -OCH3 is 1. The molecule has 20 heavy (non-hydrogen) atoms. The van der Waals surface area contributed by atoms with Crippen molar-refractivity contribution in [2.75, 3.05) is 7.11 Å². The lowest BCUT2D eigenvalue weighted by Crippen LogP contribution is -2.06. The summed E-state index contributed by atoms with van der Waals surface area (Å²) >= 11 is 0. The Balaban J connectivity index is 2.69. The highest BCUT2D eigenvalue weighted by molar-refractivity contribution is 8.45. The third kappa shape index (κ3) is 3.16. The van der Waals surface area contributed by atoms with Crippen LogP contribution in [0.4, 0.5) is 19.4 Å². The van der Waals surface area contributed by atoms with Crippen molar-refractivity contribution in [3.63, 3.8) is 0 Å². The molecule has 110 valence electrons. The van der Waals surface area contributed by atoms with Crippen molar-refractivity contribution in [1.82, 2.24) is 9.97 Å². The van der Waals surface area contributed by atoms with Crippen LogP contribution in [0, 0.1) is 0 Å². The normalized spacial score (nSPS) is 15.3. The molecule has 9 heteroatoms. The molecule has 0 aliphatic rings. The molecule has 0 atom stereocenters. The fourth-order valence-electron chi connectivity index (χ4n) is 1.53. The fourth-order valence-corrected chi connectivity index (χ4v) is 2.22. The second-order valence-electron chi connectivity index (χ2n) is 3.99. The van der Waals surface area contributed by atoms with E-state index in [1.54, 1.807) is 0 Å². The second kappa shape index (κ2) is 3.81. The standard InChI is InChI=1S/C11H9F5N2OS/c1-19-10-2-8(9-5-17-7-18-6-9)3-11(4-10)20(12,13,14,15)16/h2-7H,1H3. The number of halogens is 5. The number of benzene rings is 1. The van der Waals surface area contributed by atoms with Crippen LogP contribution in [-0.2, 0) is 0 Å². The molecule has 0 bridgehead atoms. The van der Waals surface area contributed by atoms with Gasteiger partial charge >= 0.3 is 10.2 Å². The van der Waals surface area contributed by atoms with Gasteiger partial charge in [-0.3, -0.25) is 0 Å². The van der Waals surface area contributed by atoms with Gasteiger partial charge in [0.25, 0.3) is 0 Å². The first-order chi connectivity index (χ1) is 8.99. The lowest BCUT2D eigenvalue weighted by atomic mass is 10.1. The summed E-state index contributed by atoms with van der Waals surface area (Å²) in [6, 6.07) is 1.84. The largest absolute Gasteiger partial charge is 0.497 e. The zero-order valence-corrected chi connectivity index (χ0v) is 10.9. The number of rotatable bonds is 3. The second-order valence-corrected chi connectivity index (χ2v) is 6.40. The quantitative estimate of drug-likeness (QED) is 0.763. The van der Waals surface area contributed by atoms with Crippen molar-refractivity contribution in [3.8, 4) is 16.9 Å². The smallest absolute Gasteiger partial charge is 0.310 e. The highest BCUT2D eigenvalue weighted by atomic mass is 32.5. The van der Waals surface area contributed by atoms with Gasteiger partial charge in [0.15, 0.2) is 0 Å². The van der Waals surface area contributed by atoms with Gasteiger partial charge in [0.2, 0.25) is 0 Å². The lowest BCUT2D eigenvalue weighted by molar-refractivity contribution is 0.361. The molecule has 0 saturated heterocycles. The van der Waals surface area contributed by atoms with E-state index in [0.29, 0.717) is 6.07 Å². The molecule has 0 saturated carbocycles. The van der Waals surface area contributed by atoms with Crippen molar-refractivity contribution in [1.29, 1.82) is 0 Å². The Hall–Kier alpha value is -1.90. The summed E-state index contributed by atoms with van der Waals surface area (Å²) in [7, 11) is -8.68. The molecule has 1 aromatic carbocycles.